The molecule has 224 valence electrons. The number of aromatic hydroxyl groups is 1. The van der Waals surface area contributed by atoms with Crippen LogP contribution < -0.4 is 15.0 Å². The summed E-state index contributed by atoms with van der Waals surface area (Å²) in [5, 5.41) is 13.9. The Kier molecular flexibility index (Phi) is 5.44. The molecule has 2 aromatic carbocycles. The SMILES string of the molecule is [2H]C([2H])(Oc1nc(N2CC3CCC2CN3)c2cnc(-c3cc(O)cc4ccc(F)c(F)c34)c(F)c2n1)[C@@]12CCCN1C[C@]([2H])(F)C2. The van der Waals surface area contributed by atoms with Crippen molar-refractivity contribution in [3.63, 3.8) is 0 Å². The third-order valence-electron chi connectivity index (χ3n) is 9.31. The molecule has 9 rings (SSSR count). The first-order valence-corrected chi connectivity index (χ1v) is 14.5. The molecule has 12 heteroatoms. The summed E-state index contributed by atoms with van der Waals surface area (Å²) in [6, 6.07) is 4.15. The molecular weight excluding hydrogens is 564 g/mol. The van der Waals surface area contributed by atoms with E-state index in [0.717, 1.165) is 25.0 Å². The molecule has 0 amide bonds. The van der Waals surface area contributed by atoms with Gasteiger partial charge in [0.25, 0.3) is 0 Å². The zero-order valence-electron chi connectivity index (χ0n) is 26.0. The molecule has 2 N–H and O–H groups in total. The molecule has 0 saturated carbocycles. The predicted molar refractivity (Wildman–Crippen MR) is 153 cm³/mol. The lowest BCUT2D eigenvalue weighted by Crippen LogP contribution is -2.61. The van der Waals surface area contributed by atoms with Crippen LogP contribution in [0.2, 0.25) is 0 Å². The first-order chi connectivity index (χ1) is 21.9. The highest BCUT2D eigenvalue weighted by atomic mass is 19.2. The van der Waals surface area contributed by atoms with E-state index < -0.39 is 53.8 Å². The van der Waals surface area contributed by atoms with Gasteiger partial charge in [-0.3, -0.25) is 9.88 Å². The largest absolute Gasteiger partial charge is 0.508 e. The normalized spacial score (nSPS) is 30.0. The molecule has 5 aliphatic rings. The van der Waals surface area contributed by atoms with Crippen molar-refractivity contribution in [2.45, 2.75) is 55.9 Å². The van der Waals surface area contributed by atoms with Crippen molar-refractivity contribution >= 4 is 27.5 Å². The maximum atomic E-state index is 16.7. The fraction of sp³-hybridized carbons (Fsp3) is 0.452. The zero-order chi connectivity index (χ0) is 32.2. The molecule has 2 aromatic heterocycles. The van der Waals surface area contributed by atoms with E-state index in [0.29, 0.717) is 26.1 Å². The lowest BCUT2D eigenvalue weighted by atomic mass is 9.93. The maximum Gasteiger partial charge on any atom is 0.319 e. The number of phenolic OH excluding ortho intramolecular Hbond substituents is 1. The minimum absolute atomic E-state index is 0.00301. The summed E-state index contributed by atoms with van der Waals surface area (Å²) in [6.45, 7) is -1.22. The van der Waals surface area contributed by atoms with Crippen LogP contribution in [0, 0.1) is 17.5 Å². The minimum Gasteiger partial charge on any atom is -0.508 e. The van der Waals surface area contributed by atoms with Gasteiger partial charge in [0.1, 0.15) is 35.5 Å². The second kappa shape index (κ2) is 9.88. The van der Waals surface area contributed by atoms with Gasteiger partial charge in [0, 0.05) is 55.3 Å². The second-order valence-corrected chi connectivity index (χ2v) is 11.9. The highest BCUT2D eigenvalue weighted by molar-refractivity contribution is 6.00. The number of nitrogens with zero attached hydrogens (tertiary/aromatic N) is 5. The highest BCUT2D eigenvalue weighted by Crippen LogP contribution is 2.42. The van der Waals surface area contributed by atoms with Crippen LogP contribution in [0.5, 0.6) is 11.8 Å². The zero-order valence-corrected chi connectivity index (χ0v) is 23.0. The molecule has 0 spiro atoms. The van der Waals surface area contributed by atoms with E-state index in [4.69, 9.17) is 8.85 Å². The van der Waals surface area contributed by atoms with Crippen LogP contribution in [0.3, 0.4) is 0 Å². The lowest BCUT2D eigenvalue weighted by Gasteiger charge is -2.46. The predicted octanol–water partition coefficient (Wildman–Crippen LogP) is 4.86. The van der Waals surface area contributed by atoms with Crippen LogP contribution in [-0.4, -0.2) is 81.5 Å². The van der Waals surface area contributed by atoms with Crippen molar-refractivity contribution in [2.75, 3.05) is 37.6 Å². The molecule has 7 heterocycles. The number of hydrogen-bond acceptors (Lipinski definition) is 8. The molecule has 4 aromatic rings. The molecule has 43 heavy (non-hydrogen) atoms. The molecule has 0 radical (unpaired) electrons. The fourth-order valence-electron chi connectivity index (χ4n) is 7.25. The van der Waals surface area contributed by atoms with Crippen LogP contribution in [0.25, 0.3) is 32.9 Å². The third kappa shape index (κ3) is 4.28. The van der Waals surface area contributed by atoms with E-state index in [2.05, 4.69) is 20.3 Å². The van der Waals surface area contributed by atoms with Crippen molar-refractivity contribution in [3.8, 4) is 23.0 Å². The monoisotopic (exact) mass is 597 g/mol. The summed E-state index contributed by atoms with van der Waals surface area (Å²) < 4.78 is 93.0. The van der Waals surface area contributed by atoms with E-state index in [1.54, 1.807) is 4.90 Å². The number of nitrogens with one attached hydrogen (secondary N) is 1. The van der Waals surface area contributed by atoms with Crippen LogP contribution in [0.4, 0.5) is 23.4 Å². The van der Waals surface area contributed by atoms with Gasteiger partial charge >= 0.3 is 6.01 Å². The van der Waals surface area contributed by atoms with Gasteiger partial charge in [-0.25, -0.2) is 17.6 Å². The average Bonchev–Trinajstić information content (AvgIpc) is 3.53. The van der Waals surface area contributed by atoms with Crippen molar-refractivity contribution in [2.24, 2.45) is 0 Å². The van der Waals surface area contributed by atoms with Gasteiger partial charge in [0.05, 0.1) is 15.0 Å². The average molecular weight is 598 g/mol. The van der Waals surface area contributed by atoms with Gasteiger partial charge in [0.2, 0.25) is 0 Å². The minimum atomic E-state index is -2.56. The number of pyridine rings is 1. The Hall–Kier alpha value is -3.77. The third-order valence-corrected chi connectivity index (χ3v) is 9.31. The summed E-state index contributed by atoms with van der Waals surface area (Å²) in [4.78, 5) is 16.8. The van der Waals surface area contributed by atoms with Gasteiger partial charge in [0.15, 0.2) is 17.5 Å². The fourth-order valence-corrected chi connectivity index (χ4v) is 7.25. The summed E-state index contributed by atoms with van der Waals surface area (Å²) in [5.41, 5.74) is -2.35. The molecule has 5 fully saturated rings. The number of benzene rings is 2. The Balaban J connectivity index is 1.31. The molecule has 5 aliphatic heterocycles. The quantitative estimate of drug-likeness (QED) is 0.316. The van der Waals surface area contributed by atoms with E-state index in [-0.39, 0.29) is 63.9 Å². The summed E-state index contributed by atoms with van der Waals surface area (Å²) in [6.07, 6.45) is 1.18. The van der Waals surface area contributed by atoms with Crippen molar-refractivity contribution in [3.05, 3.63) is 47.9 Å². The Morgan fingerprint density at radius 1 is 1.16 bits per heavy atom. The topological polar surface area (TPSA) is 86.6 Å². The maximum absolute atomic E-state index is 16.7. The number of ether oxygens (including phenoxy) is 1. The summed E-state index contributed by atoms with van der Waals surface area (Å²) >= 11 is 0. The Labute approximate surface area is 248 Å². The molecule has 2 unspecified atom stereocenters. The van der Waals surface area contributed by atoms with E-state index in [1.807, 2.05) is 4.90 Å². The Morgan fingerprint density at radius 2 is 2.05 bits per heavy atom. The number of fused-ring (bicyclic) bond motifs is 6. The molecular formula is C31H30F4N6O2. The lowest BCUT2D eigenvalue weighted by molar-refractivity contribution is 0.107. The first kappa shape index (κ1) is 23.7. The second-order valence-electron chi connectivity index (χ2n) is 11.9. The smallest absolute Gasteiger partial charge is 0.319 e. The summed E-state index contributed by atoms with van der Waals surface area (Å²) in [7, 11) is 0. The van der Waals surface area contributed by atoms with Crippen LogP contribution in [0.15, 0.2) is 30.5 Å². The number of phenols is 1. The number of hydrogen-bond donors (Lipinski definition) is 2. The van der Waals surface area contributed by atoms with Crippen LogP contribution in [-0.2, 0) is 0 Å². The number of piperidine rings is 2. The van der Waals surface area contributed by atoms with Gasteiger partial charge in [-0.05, 0) is 55.8 Å². The number of alkyl halides is 1. The standard InChI is InChI=1S/C31H30F4N6O2/c32-17-10-31(6-1-7-40(31)13-17)15-43-30-38-28-22(29(39-30)41-14-18-3-4-19(41)11-36-18)12-37-27(26(28)35)21-9-20(42)8-16-2-5-23(33)25(34)24(16)21/h2,5,8-9,12,17-19,36,42H,1,3-4,6-7,10-11,13-15H2/t17-,18?,19?,31+/m1/s1/i15D2,17D. The van der Waals surface area contributed by atoms with Crippen molar-refractivity contribution in [1.82, 2.24) is 25.2 Å². The molecule has 2 bridgehead atoms. The number of halogens is 4. The van der Waals surface area contributed by atoms with Gasteiger partial charge in [-0.1, -0.05) is 6.07 Å². The van der Waals surface area contributed by atoms with Gasteiger partial charge < -0.3 is 20.1 Å². The number of rotatable bonds is 5. The molecule has 4 atom stereocenters. The van der Waals surface area contributed by atoms with E-state index in [1.165, 1.54) is 18.3 Å². The summed E-state index contributed by atoms with van der Waals surface area (Å²) in [5.74, 6) is -3.47. The Morgan fingerprint density at radius 3 is 2.84 bits per heavy atom. The number of aromatic nitrogens is 3. The van der Waals surface area contributed by atoms with Gasteiger partial charge in [-0.15, -0.1) is 0 Å². The Bertz CT molecular complexity index is 1910. The van der Waals surface area contributed by atoms with Crippen molar-refractivity contribution in [1.29, 1.82) is 0 Å². The first-order valence-electron chi connectivity index (χ1n) is 16.0. The van der Waals surface area contributed by atoms with E-state index >= 15 is 8.78 Å². The van der Waals surface area contributed by atoms with Crippen LogP contribution in [0.1, 0.15) is 36.2 Å². The number of anilines is 1. The molecule has 8 nitrogen and oxygen atoms in total. The molecule has 0 aliphatic carbocycles. The van der Waals surface area contributed by atoms with E-state index in [9.17, 15) is 13.9 Å². The number of piperazine rings is 1. The van der Waals surface area contributed by atoms with Gasteiger partial charge in [-0.2, -0.15) is 9.97 Å². The van der Waals surface area contributed by atoms with Crippen molar-refractivity contribution < 1.29 is 31.5 Å². The van der Waals surface area contributed by atoms with Crippen LogP contribution >= 0.6 is 0 Å². The molecule has 5 saturated heterocycles. The highest BCUT2D eigenvalue weighted by Gasteiger charge is 2.49.